The molecule has 2 unspecified atom stereocenters. The lowest BCUT2D eigenvalue weighted by Gasteiger charge is -2.42. The highest BCUT2D eigenvalue weighted by Crippen LogP contribution is 2.48. The van der Waals surface area contributed by atoms with Crippen LogP contribution in [0.3, 0.4) is 0 Å². The third-order valence-corrected chi connectivity index (χ3v) is 7.41. The molecule has 0 heterocycles. The summed E-state index contributed by atoms with van der Waals surface area (Å²) in [7, 11) is 0. The minimum absolute atomic E-state index is 0.0190. The first kappa shape index (κ1) is 19.2. The van der Waals surface area contributed by atoms with Gasteiger partial charge in [-0.1, -0.05) is 50.3 Å². The summed E-state index contributed by atoms with van der Waals surface area (Å²) < 4.78 is 28.5. The summed E-state index contributed by atoms with van der Waals surface area (Å²) in [5.74, 6) is 2.20. The van der Waals surface area contributed by atoms with Gasteiger partial charge in [0.2, 0.25) is 0 Å². The van der Waals surface area contributed by atoms with Crippen LogP contribution in [0.2, 0.25) is 5.02 Å². The maximum Gasteiger partial charge on any atom is 0.142 e. The predicted octanol–water partition coefficient (Wildman–Crippen LogP) is 8.26. The van der Waals surface area contributed by atoms with Crippen LogP contribution in [0.15, 0.2) is 24.3 Å². The molecule has 0 spiro atoms. The fourth-order valence-electron chi connectivity index (χ4n) is 5.61. The van der Waals surface area contributed by atoms with Crippen molar-refractivity contribution in [1.82, 2.24) is 0 Å². The van der Waals surface area contributed by atoms with Crippen LogP contribution in [-0.4, -0.2) is 0 Å². The van der Waals surface area contributed by atoms with E-state index in [9.17, 15) is 8.78 Å². The van der Waals surface area contributed by atoms with Crippen molar-refractivity contribution in [2.45, 2.75) is 70.6 Å². The Morgan fingerprint density at radius 2 is 1.70 bits per heavy atom. The van der Waals surface area contributed by atoms with Gasteiger partial charge in [-0.05, 0) is 84.9 Å². The zero-order chi connectivity index (χ0) is 19.0. The van der Waals surface area contributed by atoms with E-state index in [1.165, 1.54) is 57.1 Å². The molecule has 0 saturated heterocycles. The average molecular weight is 391 g/mol. The molecule has 2 saturated carbocycles. The summed E-state index contributed by atoms with van der Waals surface area (Å²) in [6, 6.07) is 6.42. The molecule has 2 fully saturated rings. The van der Waals surface area contributed by atoms with Gasteiger partial charge in [0.25, 0.3) is 0 Å². The molecule has 0 radical (unpaired) electrons. The number of halogens is 3. The number of unbranched alkanes of at least 4 members (excludes halogenated alkanes) is 1. The van der Waals surface area contributed by atoms with Crippen LogP contribution < -0.4 is 0 Å². The molecule has 2 aliphatic rings. The molecule has 2 aliphatic carbocycles. The Kier molecular flexibility index (Phi) is 5.73. The Morgan fingerprint density at radius 3 is 2.52 bits per heavy atom. The zero-order valence-corrected chi connectivity index (χ0v) is 16.9. The van der Waals surface area contributed by atoms with E-state index < -0.39 is 5.82 Å². The molecule has 146 valence electrons. The van der Waals surface area contributed by atoms with Crippen molar-refractivity contribution in [3.8, 4) is 0 Å². The van der Waals surface area contributed by atoms with Crippen LogP contribution in [-0.2, 0) is 0 Å². The van der Waals surface area contributed by atoms with E-state index in [0.29, 0.717) is 16.7 Å². The van der Waals surface area contributed by atoms with Crippen LogP contribution in [0.1, 0.15) is 76.2 Å². The van der Waals surface area contributed by atoms with Gasteiger partial charge in [0, 0.05) is 5.39 Å². The van der Waals surface area contributed by atoms with Crippen LogP contribution in [0.4, 0.5) is 8.78 Å². The second-order valence-corrected chi connectivity index (χ2v) is 9.25. The molecule has 0 amide bonds. The number of hydrogen-bond acceptors (Lipinski definition) is 0. The van der Waals surface area contributed by atoms with E-state index in [-0.39, 0.29) is 10.8 Å². The standard InChI is InChI=1S/C24H29ClF2/c1-2-3-4-15-5-6-17-10-18(8-7-16(17)9-15)19-11-20-13-24(27)22(25)14-21(20)23(26)12-19/h11-18H,2-10H2,1H3/t15-,16?,17-,18?/m1/s1. The molecule has 27 heavy (non-hydrogen) atoms. The van der Waals surface area contributed by atoms with Crippen molar-refractivity contribution in [3.05, 3.63) is 46.5 Å². The number of rotatable bonds is 4. The molecule has 2 aromatic carbocycles. The summed E-state index contributed by atoms with van der Waals surface area (Å²) >= 11 is 5.83. The Labute approximate surface area is 166 Å². The first-order chi connectivity index (χ1) is 13.0. The van der Waals surface area contributed by atoms with Crippen molar-refractivity contribution in [1.29, 1.82) is 0 Å². The van der Waals surface area contributed by atoms with Crippen molar-refractivity contribution in [2.24, 2.45) is 17.8 Å². The third-order valence-electron chi connectivity index (χ3n) is 7.12. The highest BCUT2D eigenvalue weighted by molar-refractivity contribution is 6.31. The van der Waals surface area contributed by atoms with Gasteiger partial charge in [-0.3, -0.25) is 0 Å². The summed E-state index contributed by atoms with van der Waals surface area (Å²) in [5, 5.41) is 1.02. The van der Waals surface area contributed by atoms with E-state index >= 15 is 0 Å². The van der Waals surface area contributed by atoms with Crippen LogP contribution >= 0.6 is 11.6 Å². The monoisotopic (exact) mass is 390 g/mol. The van der Waals surface area contributed by atoms with Gasteiger partial charge in [0.15, 0.2) is 0 Å². The summed E-state index contributed by atoms with van der Waals surface area (Å²) in [5.41, 5.74) is 1.04. The molecule has 4 rings (SSSR count). The number of hydrogen-bond donors (Lipinski definition) is 0. The van der Waals surface area contributed by atoms with E-state index in [4.69, 9.17) is 11.6 Å². The topological polar surface area (TPSA) is 0 Å². The molecule has 0 bridgehead atoms. The van der Waals surface area contributed by atoms with Crippen molar-refractivity contribution < 1.29 is 8.78 Å². The number of fused-ring (bicyclic) bond motifs is 2. The highest BCUT2D eigenvalue weighted by atomic mass is 35.5. The first-order valence-corrected chi connectivity index (χ1v) is 11.0. The van der Waals surface area contributed by atoms with E-state index in [2.05, 4.69) is 6.92 Å². The van der Waals surface area contributed by atoms with Gasteiger partial charge >= 0.3 is 0 Å². The lowest BCUT2D eigenvalue weighted by atomic mass is 9.63. The maximum absolute atomic E-state index is 14.6. The fraction of sp³-hybridized carbons (Fsp3) is 0.583. The van der Waals surface area contributed by atoms with Crippen molar-refractivity contribution in [2.75, 3.05) is 0 Å². The van der Waals surface area contributed by atoms with Gasteiger partial charge in [-0.2, -0.15) is 0 Å². The van der Waals surface area contributed by atoms with Crippen molar-refractivity contribution >= 4 is 22.4 Å². The molecular weight excluding hydrogens is 362 g/mol. The highest BCUT2D eigenvalue weighted by Gasteiger charge is 2.36. The Bertz CT molecular complexity index is 816. The Balaban J connectivity index is 1.50. The molecule has 0 nitrogen and oxygen atoms in total. The number of benzene rings is 2. The van der Waals surface area contributed by atoms with Crippen LogP contribution in [0.25, 0.3) is 10.8 Å². The second-order valence-electron chi connectivity index (χ2n) is 8.84. The zero-order valence-electron chi connectivity index (χ0n) is 16.1. The minimum atomic E-state index is -0.477. The quantitative estimate of drug-likeness (QED) is 0.492. The smallest absolute Gasteiger partial charge is 0.142 e. The normalized spacial score (nSPS) is 28.3. The average Bonchev–Trinajstić information content (AvgIpc) is 2.67. The lowest BCUT2D eigenvalue weighted by molar-refractivity contribution is 0.113. The first-order valence-electron chi connectivity index (χ1n) is 10.6. The van der Waals surface area contributed by atoms with E-state index in [0.717, 1.165) is 36.2 Å². The summed E-state index contributed by atoms with van der Waals surface area (Å²) in [6.45, 7) is 2.28. The van der Waals surface area contributed by atoms with Gasteiger partial charge in [-0.15, -0.1) is 0 Å². The van der Waals surface area contributed by atoms with Gasteiger partial charge in [0.05, 0.1) is 5.02 Å². The van der Waals surface area contributed by atoms with Gasteiger partial charge in [-0.25, -0.2) is 8.78 Å². The Hall–Kier alpha value is -1.15. The lowest BCUT2D eigenvalue weighted by Crippen LogP contribution is -2.30. The van der Waals surface area contributed by atoms with E-state index in [1.807, 2.05) is 6.07 Å². The molecule has 0 aliphatic heterocycles. The largest absolute Gasteiger partial charge is 0.206 e. The molecule has 3 heteroatoms. The summed E-state index contributed by atoms with van der Waals surface area (Å²) in [6.07, 6.45) is 11.7. The van der Waals surface area contributed by atoms with Crippen LogP contribution in [0.5, 0.6) is 0 Å². The molecular formula is C24H29ClF2. The van der Waals surface area contributed by atoms with E-state index in [1.54, 1.807) is 6.07 Å². The maximum atomic E-state index is 14.6. The SMILES string of the molecule is CCCC[C@@H]1CC[C@@H]2CC(c3cc(F)c4cc(Cl)c(F)cc4c3)CCC2C1. The predicted molar refractivity (Wildman–Crippen MR) is 109 cm³/mol. The minimum Gasteiger partial charge on any atom is -0.206 e. The van der Waals surface area contributed by atoms with Crippen molar-refractivity contribution in [3.63, 3.8) is 0 Å². The molecule has 2 aromatic rings. The van der Waals surface area contributed by atoms with Crippen LogP contribution in [0, 0.1) is 29.4 Å². The van der Waals surface area contributed by atoms with Gasteiger partial charge < -0.3 is 0 Å². The second kappa shape index (κ2) is 8.07. The summed E-state index contributed by atoms with van der Waals surface area (Å²) in [4.78, 5) is 0. The fourth-order valence-corrected chi connectivity index (χ4v) is 5.78. The molecule has 4 atom stereocenters. The molecule has 0 aromatic heterocycles. The Morgan fingerprint density at radius 1 is 0.926 bits per heavy atom. The third kappa shape index (κ3) is 4.01. The molecule has 0 N–H and O–H groups in total. The van der Waals surface area contributed by atoms with Gasteiger partial charge in [0.1, 0.15) is 11.6 Å².